The minimum absolute atomic E-state index is 0.0163. The maximum absolute atomic E-state index is 14.7. The molecule has 0 heterocycles. The molecule has 3 rings (SSSR count). The van der Waals surface area contributed by atoms with Gasteiger partial charge in [0, 0.05) is 0 Å². The van der Waals surface area contributed by atoms with Gasteiger partial charge in [0.05, 0.1) is 5.56 Å². The Morgan fingerprint density at radius 3 is 2.10 bits per heavy atom. The first kappa shape index (κ1) is 23.2. The van der Waals surface area contributed by atoms with Crippen LogP contribution < -0.4 is 4.74 Å². The molecule has 31 heavy (non-hydrogen) atoms. The number of alkyl halides is 2. The van der Waals surface area contributed by atoms with Crippen LogP contribution in [-0.4, -0.2) is 0 Å². The zero-order chi connectivity index (χ0) is 22.3. The summed E-state index contributed by atoms with van der Waals surface area (Å²) in [5.74, 6) is -0.283. The average molecular weight is 429 g/mol. The Morgan fingerprint density at radius 1 is 0.742 bits per heavy atom. The summed E-state index contributed by atoms with van der Waals surface area (Å²) in [6.45, 7) is 4.24. The van der Waals surface area contributed by atoms with Gasteiger partial charge in [-0.15, -0.1) is 0 Å². The molecular weight excluding hydrogens is 397 g/mol. The highest BCUT2D eigenvalue weighted by molar-refractivity contribution is 5.84. The third-order valence-electron chi connectivity index (χ3n) is 5.63. The molecule has 0 N–H and O–H groups in total. The van der Waals surface area contributed by atoms with Crippen molar-refractivity contribution in [1.29, 1.82) is 0 Å². The fourth-order valence-electron chi connectivity index (χ4n) is 3.77. The largest absolute Gasteiger partial charge is 0.429 e. The summed E-state index contributed by atoms with van der Waals surface area (Å²) in [7, 11) is 0. The van der Waals surface area contributed by atoms with Gasteiger partial charge in [-0.05, 0) is 84.0 Å². The molecule has 0 fully saturated rings. The van der Waals surface area contributed by atoms with Crippen LogP contribution in [0.1, 0.15) is 69.1 Å². The van der Waals surface area contributed by atoms with Gasteiger partial charge in [-0.1, -0.05) is 57.7 Å². The predicted molar refractivity (Wildman–Crippen MR) is 121 cm³/mol. The molecule has 0 aromatic heterocycles. The summed E-state index contributed by atoms with van der Waals surface area (Å²) >= 11 is 0. The van der Waals surface area contributed by atoms with E-state index in [1.54, 1.807) is 24.3 Å². The molecule has 0 atom stereocenters. The number of halogens is 3. The first-order valence-corrected chi connectivity index (χ1v) is 11.3. The van der Waals surface area contributed by atoms with E-state index in [0.29, 0.717) is 17.4 Å². The lowest BCUT2D eigenvalue weighted by molar-refractivity contribution is -0.185. The minimum Gasteiger partial charge on any atom is -0.429 e. The Labute approximate surface area is 183 Å². The number of aryl methyl sites for hydroxylation is 2. The number of unbranched alkanes of at least 4 members (excludes halogenated alkanes) is 4. The minimum atomic E-state index is -3.46. The quantitative estimate of drug-likeness (QED) is 0.278. The molecule has 0 aliphatic heterocycles. The number of hydrogen-bond donors (Lipinski definition) is 0. The first-order valence-electron chi connectivity index (χ1n) is 11.3. The Morgan fingerprint density at radius 2 is 1.42 bits per heavy atom. The van der Waals surface area contributed by atoms with Gasteiger partial charge in [0.2, 0.25) is 0 Å². The highest BCUT2D eigenvalue weighted by Gasteiger charge is 2.34. The van der Waals surface area contributed by atoms with Crippen molar-refractivity contribution in [3.05, 3.63) is 77.1 Å². The Hall–Kier alpha value is -2.49. The lowest BCUT2D eigenvalue weighted by Crippen LogP contribution is -2.21. The van der Waals surface area contributed by atoms with Crippen molar-refractivity contribution in [3.8, 4) is 5.75 Å². The molecule has 0 unspecified atom stereocenters. The van der Waals surface area contributed by atoms with Crippen molar-refractivity contribution in [1.82, 2.24) is 0 Å². The normalized spacial score (nSPS) is 11.8. The zero-order valence-corrected chi connectivity index (χ0v) is 18.4. The molecule has 3 aromatic carbocycles. The van der Waals surface area contributed by atoms with Gasteiger partial charge in [0.1, 0.15) is 11.6 Å². The molecule has 0 spiro atoms. The van der Waals surface area contributed by atoms with Crippen molar-refractivity contribution < 1.29 is 17.9 Å². The van der Waals surface area contributed by atoms with E-state index in [1.807, 2.05) is 0 Å². The second-order valence-electron chi connectivity index (χ2n) is 8.18. The van der Waals surface area contributed by atoms with E-state index < -0.39 is 6.11 Å². The molecule has 0 amide bonds. The van der Waals surface area contributed by atoms with Crippen LogP contribution in [0.4, 0.5) is 13.2 Å². The second kappa shape index (κ2) is 10.7. The SMILES string of the molecule is CCCCCc1ccc(C(F)(F)Oc2ccc3cc(CCCCC)c(F)cc3c2)cc1. The number of benzene rings is 3. The smallest absolute Gasteiger partial charge is 0.426 e. The topological polar surface area (TPSA) is 9.23 Å². The summed E-state index contributed by atoms with van der Waals surface area (Å²) in [6, 6.07) is 14.2. The van der Waals surface area contributed by atoms with Gasteiger partial charge in [-0.25, -0.2) is 4.39 Å². The number of fused-ring (bicyclic) bond motifs is 1. The van der Waals surface area contributed by atoms with Crippen LogP contribution in [0.3, 0.4) is 0 Å². The third kappa shape index (κ3) is 6.25. The summed E-state index contributed by atoms with van der Waals surface area (Å²) in [5, 5.41) is 1.37. The highest BCUT2D eigenvalue weighted by atomic mass is 19.3. The van der Waals surface area contributed by atoms with Crippen LogP contribution in [-0.2, 0) is 19.0 Å². The van der Waals surface area contributed by atoms with Gasteiger partial charge in [0.15, 0.2) is 0 Å². The lowest BCUT2D eigenvalue weighted by Gasteiger charge is -2.19. The van der Waals surface area contributed by atoms with E-state index >= 15 is 0 Å². The lowest BCUT2D eigenvalue weighted by atomic mass is 10.0. The number of ether oxygens (including phenoxy) is 1. The van der Waals surface area contributed by atoms with Crippen LogP contribution in [0.2, 0.25) is 0 Å². The van der Waals surface area contributed by atoms with Crippen LogP contribution in [0, 0.1) is 5.82 Å². The molecular formula is C27H31F3O. The fourth-order valence-corrected chi connectivity index (χ4v) is 3.77. The van der Waals surface area contributed by atoms with Crippen molar-refractivity contribution in [2.45, 2.75) is 71.3 Å². The maximum Gasteiger partial charge on any atom is 0.426 e. The molecule has 0 saturated carbocycles. The number of rotatable bonds is 11. The summed E-state index contributed by atoms with van der Waals surface area (Å²) in [5.41, 5.74) is 1.52. The third-order valence-corrected chi connectivity index (χ3v) is 5.63. The molecule has 1 nitrogen and oxygen atoms in total. The van der Waals surface area contributed by atoms with Crippen molar-refractivity contribution in [3.63, 3.8) is 0 Å². The van der Waals surface area contributed by atoms with E-state index in [-0.39, 0.29) is 17.1 Å². The Balaban J connectivity index is 1.73. The monoisotopic (exact) mass is 428 g/mol. The van der Waals surface area contributed by atoms with Gasteiger partial charge in [-0.2, -0.15) is 8.78 Å². The van der Waals surface area contributed by atoms with E-state index in [2.05, 4.69) is 13.8 Å². The zero-order valence-electron chi connectivity index (χ0n) is 18.4. The van der Waals surface area contributed by atoms with Crippen molar-refractivity contribution in [2.24, 2.45) is 0 Å². The van der Waals surface area contributed by atoms with Crippen LogP contribution in [0.5, 0.6) is 5.75 Å². The second-order valence-corrected chi connectivity index (χ2v) is 8.18. The van der Waals surface area contributed by atoms with E-state index in [4.69, 9.17) is 4.74 Å². The average Bonchev–Trinajstić information content (AvgIpc) is 2.75. The van der Waals surface area contributed by atoms with E-state index in [9.17, 15) is 13.2 Å². The number of hydrogen-bond acceptors (Lipinski definition) is 1. The van der Waals surface area contributed by atoms with Crippen molar-refractivity contribution >= 4 is 10.8 Å². The van der Waals surface area contributed by atoms with Crippen LogP contribution in [0.15, 0.2) is 54.6 Å². The maximum atomic E-state index is 14.7. The Bertz CT molecular complexity index is 980. The van der Waals surface area contributed by atoms with Crippen LogP contribution >= 0.6 is 0 Å². The molecule has 0 aliphatic carbocycles. The van der Waals surface area contributed by atoms with Gasteiger partial charge in [-0.3, -0.25) is 0 Å². The summed E-state index contributed by atoms with van der Waals surface area (Å²) < 4.78 is 48.9. The molecule has 0 radical (unpaired) electrons. The van der Waals surface area contributed by atoms with E-state index in [1.165, 1.54) is 30.3 Å². The fraction of sp³-hybridized carbons (Fsp3) is 0.407. The standard InChI is InChI=1S/C27H31F3O/c1-3-5-7-9-20-11-14-24(15-12-20)27(29,30)31-25-16-13-21-17-22(10-8-6-4-2)26(28)19-23(21)18-25/h11-19H,3-10H2,1-2H3. The van der Waals surface area contributed by atoms with Gasteiger partial charge < -0.3 is 4.74 Å². The summed E-state index contributed by atoms with van der Waals surface area (Å²) in [4.78, 5) is 0. The first-order chi connectivity index (χ1) is 14.9. The van der Waals surface area contributed by atoms with Crippen LogP contribution in [0.25, 0.3) is 10.8 Å². The molecule has 0 saturated heterocycles. The molecule has 0 aliphatic rings. The van der Waals surface area contributed by atoms with Crippen molar-refractivity contribution in [2.75, 3.05) is 0 Å². The highest BCUT2D eigenvalue weighted by Crippen LogP contribution is 2.34. The molecule has 166 valence electrons. The molecule has 0 bridgehead atoms. The molecule has 3 aromatic rings. The molecule has 4 heteroatoms. The van der Waals surface area contributed by atoms with Gasteiger partial charge >= 0.3 is 6.11 Å². The predicted octanol–water partition coefficient (Wildman–Crippen LogP) is 8.57. The Kier molecular flexibility index (Phi) is 8.00. The van der Waals surface area contributed by atoms with E-state index in [0.717, 1.165) is 55.9 Å². The summed E-state index contributed by atoms with van der Waals surface area (Å²) in [6.07, 6.45) is 4.47. The van der Waals surface area contributed by atoms with Gasteiger partial charge in [0.25, 0.3) is 0 Å².